The van der Waals surface area contributed by atoms with E-state index < -0.39 is 15.9 Å². The molecule has 6 nitrogen and oxygen atoms in total. The maximum absolute atomic E-state index is 13.1. The fourth-order valence-corrected chi connectivity index (χ4v) is 7.54. The van der Waals surface area contributed by atoms with Crippen molar-refractivity contribution in [2.45, 2.75) is 68.0 Å². The highest BCUT2D eigenvalue weighted by atomic mass is 32.2. The van der Waals surface area contributed by atoms with Gasteiger partial charge in [0.2, 0.25) is 0 Å². The van der Waals surface area contributed by atoms with E-state index >= 15 is 0 Å². The Bertz CT molecular complexity index is 1110. The minimum absolute atomic E-state index is 0.119. The molecule has 2 atom stereocenters. The van der Waals surface area contributed by atoms with Crippen LogP contribution in [0.25, 0.3) is 0 Å². The summed E-state index contributed by atoms with van der Waals surface area (Å²) in [5.74, 6) is 0. The van der Waals surface area contributed by atoms with Gasteiger partial charge in [-0.15, -0.1) is 15.7 Å². The largest absolute Gasteiger partial charge is 0.354 e. The fraction of sp³-hybridized carbons (Fsp3) is 0.500. The molecule has 1 aliphatic heterocycles. The predicted octanol–water partition coefficient (Wildman–Crippen LogP) is 4.26. The van der Waals surface area contributed by atoms with Crippen molar-refractivity contribution in [2.75, 3.05) is 11.9 Å². The van der Waals surface area contributed by atoms with E-state index in [0.717, 1.165) is 68.5 Å². The van der Waals surface area contributed by atoms with Gasteiger partial charge in [-0.2, -0.15) is 0 Å². The Labute approximate surface area is 182 Å². The third-order valence-corrected chi connectivity index (χ3v) is 9.97. The summed E-state index contributed by atoms with van der Waals surface area (Å²) < 4.78 is 17.5. The zero-order valence-corrected chi connectivity index (χ0v) is 18.9. The fourth-order valence-electron chi connectivity index (χ4n) is 5.14. The van der Waals surface area contributed by atoms with Crippen molar-refractivity contribution in [3.8, 4) is 0 Å². The highest BCUT2D eigenvalue weighted by Crippen LogP contribution is 2.39. The molecule has 0 spiro atoms. The number of thiophene rings is 1. The predicted molar refractivity (Wildman–Crippen MR) is 121 cm³/mol. The topological polar surface area (TPSA) is 96.6 Å². The zero-order chi connectivity index (χ0) is 20.9. The summed E-state index contributed by atoms with van der Waals surface area (Å²) in [7, 11) is -3.29. The van der Waals surface area contributed by atoms with Crippen LogP contribution in [0.1, 0.15) is 59.7 Å². The average Bonchev–Trinajstić information content (AvgIpc) is 3.47. The maximum atomic E-state index is 13.1. The van der Waals surface area contributed by atoms with Crippen LogP contribution in [0, 0.1) is 0 Å². The molecule has 8 heteroatoms. The number of carbonyl (C=O) groups is 1. The van der Waals surface area contributed by atoms with Gasteiger partial charge in [0, 0.05) is 10.6 Å². The second-order valence-electron chi connectivity index (χ2n) is 8.81. The van der Waals surface area contributed by atoms with Gasteiger partial charge in [-0.05, 0) is 99.2 Å². The molecular weight excluding hydrogens is 416 g/mol. The smallest absolute Gasteiger partial charge is 0.307 e. The van der Waals surface area contributed by atoms with Gasteiger partial charge in [-0.25, -0.2) is 14.1 Å². The lowest BCUT2D eigenvalue weighted by molar-refractivity contribution is 0.260. The van der Waals surface area contributed by atoms with Crippen LogP contribution in [-0.2, 0) is 41.1 Å². The Morgan fingerprint density at radius 3 is 2.50 bits per heavy atom. The number of nitrogens with one attached hydrogen (secondary N) is 2. The maximum Gasteiger partial charge on any atom is 0.354 e. The summed E-state index contributed by atoms with van der Waals surface area (Å²) in [6, 6.07) is 5.41. The molecule has 2 aromatic rings. The molecule has 0 saturated carbocycles. The van der Waals surface area contributed by atoms with Gasteiger partial charge >= 0.3 is 6.03 Å². The van der Waals surface area contributed by atoms with E-state index in [0.29, 0.717) is 4.21 Å². The van der Waals surface area contributed by atoms with E-state index in [1.807, 2.05) is 6.07 Å². The lowest BCUT2D eigenvalue weighted by Crippen LogP contribution is -2.32. The van der Waals surface area contributed by atoms with Gasteiger partial charge in [-0.1, -0.05) is 6.07 Å². The number of nitrogens with two attached hydrogens (primary N) is 1. The van der Waals surface area contributed by atoms with E-state index in [4.69, 9.17) is 5.14 Å². The van der Waals surface area contributed by atoms with E-state index in [1.54, 1.807) is 6.07 Å². The van der Waals surface area contributed by atoms with Crippen LogP contribution in [0.3, 0.4) is 0 Å². The van der Waals surface area contributed by atoms with Gasteiger partial charge in [0.1, 0.15) is 4.21 Å². The Balaban J connectivity index is 1.43. The molecule has 0 bridgehead atoms. The average molecular weight is 445 g/mol. The van der Waals surface area contributed by atoms with E-state index in [2.05, 4.69) is 28.0 Å². The van der Waals surface area contributed by atoms with Crippen molar-refractivity contribution in [3.05, 3.63) is 45.3 Å². The Morgan fingerprint density at radius 1 is 1.17 bits per heavy atom. The van der Waals surface area contributed by atoms with E-state index in [9.17, 15) is 9.00 Å². The molecule has 2 heterocycles. The third-order valence-electron chi connectivity index (χ3n) is 6.71. The number of nitrogens with zero attached hydrogens (tertiary/aromatic N) is 1. The number of carbonyl (C=O) groups excluding carboxylic acids is 1. The van der Waals surface area contributed by atoms with Gasteiger partial charge in [-0.3, -0.25) is 0 Å². The number of rotatable bonds is 3. The van der Waals surface area contributed by atoms with Crippen molar-refractivity contribution in [1.29, 1.82) is 0 Å². The number of hydrogen-bond acceptors (Lipinski definition) is 4. The SMILES string of the molecule is CC1(c2ccc(S(N)(=O)=NC(=O)Nc3c4c(cc5c3CCC5)CCC4)s2)CCCN1. The van der Waals surface area contributed by atoms with Crippen LogP contribution < -0.4 is 15.8 Å². The number of fused-ring (bicyclic) bond motifs is 2. The number of hydrogen-bond donors (Lipinski definition) is 3. The molecule has 1 saturated heterocycles. The second kappa shape index (κ2) is 7.44. The zero-order valence-electron chi connectivity index (χ0n) is 17.3. The number of amides is 2. The van der Waals surface area contributed by atoms with Crippen LogP contribution in [-0.4, -0.2) is 16.8 Å². The molecule has 5 rings (SSSR count). The summed E-state index contributed by atoms with van der Waals surface area (Å²) in [6.07, 6.45) is 8.41. The van der Waals surface area contributed by atoms with Crippen molar-refractivity contribution in [3.63, 3.8) is 0 Å². The van der Waals surface area contributed by atoms with E-state index in [1.165, 1.54) is 33.6 Å². The second-order valence-corrected chi connectivity index (χ2v) is 11.9. The minimum atomic E-state index is -3.29. The van der Waals surface area contributed by atoms with Gasteiger partial charge in [0.05, 0.1) is 5.54 Å². The standard InChI is InChI=1S/C22H28N4O2S2/c1-22(11-4-12-24-22)18-9-10-19(29-18)30(23,28)26-21(27)25-20-16-7-2-5-14(16)13-15-6-3-8-17(15)20/h9-10,13,24H,2-8,11-12H2,1H3,(H3,23,25,26,27,28). The summed E-state index contributed by atoms with van der Waals surface area (Å²) in [5, 5.41) is 12.5. The number of anilines is 1. The summed E-state index contributed by atoms with van der Waals surface area (Å²) in [6.45, 7) is 3.12. The van der Waals surface area contributed by atoms with Crippen LogP contribution >= 0.6 is 11.3 Å². The third kappa shape index (κ3) is 3.49. The Morgan fingerprint density at radius 2 is 1.87 bits per heavy atom. The molecule has 4 N–H and O–H groups in total. The molecule has 0 radical (unpaired) electrons. The van der Waals surface area contributed by atoms with Crippen LogP contribution in [0.2, 0.25) is 0 Å². The van der Waals surface area contributed by atoms with Crippen molar-refractivity contribution >= 4 is 33.0 Å². The quantitative estimate of drug-likeness (QED) is 0.660. The van der Waals surface area contributed by atoms with Gasteiger partial charge in [0.25, 0.3) is 0 Å². The molecule has 3 aliphatic rings. The lowest BCUT2D eigenvalue weighted by atomic mass is 9.99. The van der Waals surface area contributed by atoms with E-state index in [-0.39, 0.29) is 5.54 Å². The summed E-state index contributed by atoms with van der Waals surface area (Å²) >= 11 is 1.39. The van der Waals surface area contributed by atoms with Crippen LogP contribution in [0.4, 0.5) is 10.5 Å². The first-order valence-electron chi connectivity index (χ1n) is 10.7. The van der Waals surface area contributed by atoms with Crippen molar-refractivity contribution in [2.24, 2.45) is 9.50 Å². The molecule has 2 unspecified atom stereocenters. The Hall–Kier alpha value is -1.74. The molecule has 30 heavy (non-hydrogen) atoms. The van der Waals surface area contributed by atoms with Crippen molar-refractivity contribution < 1.29 is 9.00 Å². The monoisotopic (exact) mass is 444 g/mol. The molecule has 1 aromatic carbocycles. The highest BCUT2D eigenvalue weighted by molar-refractivity contribution is 7.93. The first-order chi connectivity index (χ1) is 14.4. The number of aryl methyl sites for hydroxylation is 2. The van der Waals surface area contributed by atoms with Crippen LogP contribution in [0.5, 0.6) is 0 Å². The Kier molecular flexibility index (Phi) is 5.01. The normalized spacial score (nSPS) is 24.3. The van der Waals surface area contributed by atoms with Gasteiger partial charge < -0.3 is 10.6 Å². The summed E-state index contributed by atoms with van der Waals surface area (Å²) in [4.78, 5) is 13.9. The van der Waals surface area contributed by atoms with Crippen molar-refractivity contribution in [1.82, 2.24) is 5.32 Å². The number of benzene rings is 1. The van der Waals surface area contributed by atoms with Gasteiger partial charge in [0.15, 0.2) is 9.92 Å². The molecule has 1 fully saturated rings. The minimum Gasteiger partial charge on any atom is -0.307 e. The number of urea groups is 1. The van der Waals surface area contributed by atoms with Crippen LogP contribution in [0.15, 0.2) is 26.8 Å². The first-order valence-corrected chi connectivity index (χ1v) is 13.1. The molecule has 2 amide bonds. The molecular formula is C22H28N4O2S2. The lowest BCUT2D eigenvalue weighted by Gasteiger charge is -2.22. The molecule has 2 aliphatic carbocycles. The molecule has 160 valence electrons. The summed E-state index contributed by atoms with van der Waals surface area (Å²) in [5.41, 5.74) is 5.89. The highest BCUT2D eigenvalue weighted by Gasteiger charge is 2.32. The first kappa shape index (κ1) is 20.2. The molecule has 1 aromatic heterocycles.